The number of sulfonamides is 1. The van der Waals surface area contributed by atoms with Gasteiger partial charge in [0.05, 0.1) is 29.3 Å². The molecule has 0 aliphatic carbocycles. The molecule has 0 unspecified atom stereocenters. The van der Waals surface area contributed by atoms with Crippen molar-refractivity contribution >= 4 is 21.4 Å². The lowest BCUT2D eigenvalue weighted by molar-refractivity contribution is -0.129. The highest BCUT2D eigenvalue weighted by molar-refractivity contribution is 7.89. The zero-order valence-electron chi connectivity index (χ0n) is 18.7. The van der Waals surface area contributed by atoms with Crippen LogP contribution in [0.15, 0.2) is 27.9 Å². The van der Waals surface area contributed by atoms with Crippen molar-refractivity contribution in [2.24, 2.45) is 0 Å². The third kappa shape index (κ3) is 4.74. The van der Waals surface area contributed by atoms with Crippen molar-refractivity contribution in [2.75, 3.05) is 20.2 Å². The first-order valence-electron chi connectivity index (χ1n) is 10.3. The standard InChI is InChI=1S/C20H26N6O6S/c1-5-7-16-21-12(3)18-20(28)22-19(23-26(16)18)14-10-13(8-9-15(14)32-6-2)33(30,31)25(4)11-17(27)24-29/h8-10,29H,5-7,11H2,1-4H3,(H,24,27)(H,22,23,28). The Morgan fingerprint density at radius 2 is 2.06 bits per heavy atom. The summed E-state index contributed by atoms with van der Waals surface area (Å²) < 4.78 is 33.9. The van der Waals surface area contributed by atoms with Gasteiger partial charge in [0.1, 0.15) is 11.6 Å². The molecule has 0 atom stereocenters. The topological polar surface area (TPSA) is 159 Å². The minimum atomic E-state index is -4.10. The number of hydrogen-bond donors (Lipinski definition) is 3. The molecule has 0 saturated heterocycles. The van der Waals surface area contributed by atoms with E-state index in [-0.39, 0.29) is 16.3 Å². The van der Waals surface area contributed by atoms with Crippen LogP contribution in [-0.2, 0) is 21.2 Å². The molecule has 1 aromatic carbocycles. The summed E-state index contributed by atoms with van der Waals surface area (Å²) in [5.41, 5.74) is 2.10. The van der Waals surface area contributed by atoms with E-state index >= 15 is 0 Å². The van der Waals surface area contributed by atoms with E-state index in [4.69, 9.17) is 9.94 Å². The predicted octanol–water partition coefficient (Wildman–Crippen LogP) is 0.870. The molecule has 0 aliphatic rings. The van der Waals surface area contributed by atoms with E-state index in [1.807, 2.05) is 6.92 Å². The maximum atomic E-state index is 13.0. The number of aromatic nitrogens is 4. The Labute approximate surface area is 190 Å². The second-order valence-corrected chi connectivity index (χ2v) is 9.36. The molecule has 0 spiro atoms. The zero-order chi connectivity index (χ0) is 24.3. The number of ether oxygens (including phenoxy) is 1. The normalized spacial score (nSPS) is 11.8. The van der Waals surface area contributed by atoms with E-state index in [2.05, 4.69) is 15.1 Å². The van der Waals surface area contributed by atoms with Crippen molar-refractivity contribution < 1.29 is 23.2 Å². The summed E-state index contributed by atoms with van der Waals surface area (Å²) in [4.78, 5) is 31.3. The molecule has 0 radical (unpaired) electrons. The first-order chi connectivity index (χ1) is 15.6. The first-order valence-corrected chi connectivity index (χ1v) is 11.7. The highest BCUT2D eigenvalue weighted by atomic mass is 32.2. The monoisotopic (exact) mass is 478 g/mol. The van der Waals surface area contributed by atoms with Gasteiger partial charge in [-0.2, -0.15) is 4.31 Å². The van der Waals surface area contributed by atoms with Crippen molar-refractivity contribution in [1.82, 2.24) is 29.4 Å². The molecule has 3 rings (SSSR count). The molecule has 2 aromatic heterocycles. The fourth-order valence-corrected chi connectivity index (χ4v) is 4.54. The number of imidazole rings is 1. The summed E-state index contributed by atoms with van der Waals surface area (Å²) in [7, 11) is -2.90. The first kappa shape index (κ1) is 24.4. The van der Waals surface area contributed by atoms with Crippen LogP contribution in [0.3, 0.4) is 0 Å². The average molecular weight is 479 g/mol. The molecule has 0 saturated carbocycles. The SMILES string of the molecule is CCCc1nc(C)c2c(=O)[nH]c(-c3cc(S(=O)(=O)N(C)CC(=O)NO)ccc3OCC)nn12. The Morgan fingerprint density at radius 1 is 1.33 bits per heavy atom. The summed E-state index contributed by atoms with van der Waals surface area (Å²) in [5.74, 6) is 0.165. The zero-order valence-corrected chi connectivity index (χ0v) is 19.6. The molecule has 3 N–H and O–H groups in total. The summed E-state index contributed by atoms with van der Waals surface area (Å²) >= 11 is 0. The smallest absolute Gasteiger partial charge is 0.277 e. The lowest BCUT2D eigenvalue weighted by Crippen LogP contribution is -2.37. The van der Waals surface area contributed by atoms with Crippen molar-refractivity contribution in [3.05, 3.63) is 40.1 Å². The second-order valence-electron chi connectivity index (χ2n) is 7.31. The number of carbonyl (C=O) groups is 1. The molecule has 0 fully saturated rings. The molecule has 33 heavy (non-hydrogen) atoms. The molecular weight excluding hydrogens is 452 g/mol. The van der Waals surface area contributed by atoms with Crippen molar-refractivity contribution in [2.45, 2.75) is 38.5 Å². The molecule has 13 heteroatoms. The van der Waals surface area contributed by atoms with Crippen LogP contribution in [0, 0.1) is 6.92 Å². The largest absolute Gasteiger partial charge is 0.493 e. The van der Waals surface area contributed by atoms with Crippen molar-refractivity contribution in [1.29, 1.82) is 0 Å². The molecule has 2 heterocycles. The van der Waals surface area contributed by atoms with Crippen LogP contribution in [0.2, 0.25) is 0 Å². The summed E-state index contributed by atoms with van der Waals surface area (Å²) in [5, 5.41) is 13.2. The number of nitrogens with one attached hydrogen (secondary N) is 2. The number of hydroxylamine groups is 1. The molecule has 178 valence electrons. The van der Waals surface area contributed by atoms with Gasteiger partial charge in [0, 0.05) is 13.5 Å². The highest BCUT2D eigenvalue weighted by Crippen LogP contribution is 2.31. The number of likely N-dealkylation sites (N-methyl/N-ethyl adjacent to an activating group) is 1. The Morgan fingerprint density at radius 3 is 2.70 bits per heavy atom. The molecule has 0 aliphatic heterocycles. The van der Waals surface area contributed by atoms with Gasteiger partial charge >= 0.3 is 0 Å². The van der Waals surface area contributed by atoms with Crippen LogP contribution in [-0.4, -0.2) is 63.6 Å². The number of aryl methyl sites for hydroxylation is 2. The van der Waals surface area contributed by atoms with Gasteiger partial charge in [0.15, 0.2) is 11.3 Å². The number of fused-ring (bicyclic) bond motifs is 1. The molecule has 0 bridgehead atoms. The number of rotatable bonds is 9. The van der Waals surface area contributed by atoms with E-state index in [1.54, 1.807) is 13.8 Å². The third-order valence-corrected chi connectivity index (χ3v) is 6.72. The van der Waals surface area contributed by atoms with E-state index in [0.717, 1.165) is 10.7 Å². The van der Waals surface area contributed by atoms with Crippen molar-refractivity contribution in [3.63, 3.8) is 0 Å². The number of nitrogens with zero attached hydrogens (tertiary/aromatic N) is 4. The Balaban J connectivity index is 2.19. The Kier molecular flexibility index (Phi) is 7.15. The average Bonchev–Trinajstić information content (AvgIpc) is 3.09. The summed E-state index contributed by atoms with van der Waals surface area (Å²) in [6, 6.07) is 4.11. The quantitative estimate of drug-likeness (QED) is 0.302. The van der Waals surface area contributed by atoms with Crippen LogP contribution >= 0.6 is 0 Å². The second kappa shape index (κ2) is 9.68. The van der Waals surface area contributed by atoms with Gasteiger partial charge in [-0.1, -0.05) is 6.92 Å². The van der Waals surface area contributed by atoms with Crippen LogP contribution in [0.5, 0.6) is 5.75 Å². The van der Waals surface area contributed by atoms with Gasteiger partial charge in [-0.3, -0.25) is 14.8 Å². The minimum Gasteiger partial charge on any atom is -0.493 e. The number of amides is 1. The van der Waals surface area contributed by atoms with Crippen LogP contribution in [0.1, 0.15) is 31.8 Å². The van der Waals surface area contributed by atoms with Gasteiger partial charge in [-0.15, -0.1) is 5.10 Å². The molecule has 12 nitrogen and oxygen atoms in total. The minimum absolute atomic E-state index is 0.110. The van der Waals surface area contributed by atoms with E-state index in [1.165, 1.54) is 35.2 Å². The predicted molar refractivity (Wildman–Crippen MR) is 119 cm³/mol. The van der Waals surface area contributed by atoms with E-state index in [0.29, 0.717) is 35.8 Å². The lowest BCUT2D eigenvalue weighted by atomic mass is 10.2. The fraction of sp³-hybridized carbons (Fsp3) is 0.400. The van der Waals surface area contributed by atoms with Crippen LogP contribution in [0.4, 0.5) is 0 Å². The van der Waals surface area contributed by atoms with E-state index in [9.17, 15) is 18.0 Å². The third-order valence-electron chi connectivity index (χ3n) is 4.92. The molecule has 3 aromatic rings. The Bertz CT molecular complexity index is 1350. The van der Waals surface area contributed by atoms with Gasteiger partial charge in [0.25, 0.3) is 11.5 Å². The number of benzene rings is 1. The van der Waals surface area contributed by atoms with E-state index < -0.39 is 28.0 Å². The van der Waals surface area contributed by atoms with Gasteiger partial charge in [-0.05, 0) is 38.5 Å². The van der Waals surface area contributed by atoms with Crippen LogP contribution < -0.4 is 15.8 Å². The lowest BCUT2D eigenvalue weighted by Gasteiger charge is -2.17. The van der Waals surface area contributed by atoms with Gasteiger partial charge in [-0.25, -0.2) is 23.4 Å². The number of hydrogen-bond acceptors (Lipinski definition) is 8. The number of aromatic amines is 1. The van der Waals surface area contributed by atoms with Gasteiger partial charge in [0.2, 0.25) is 10.0 Å². The molecule has 1 amide bonds. The maximum Gasteiger partial charge on any atom is 0.277 e. The van der Waals surface area contributed by atoms with Gasteiger partial charge < -0.3 is 9.72 Å². The van der Waals surface area contributed by atoms with Crippen LogP contribution in [0.25, 0.3) is 16.9 Å². The number of carbonyl (C=O) groups excluding carboxylic acids is 1. The van der Waals surface area contributed by atoms with Crippen molar-refractivity contribution in [3.8, 4) is 17.1 Å². The molecular formula is C20H26N6O6S. The maximum absolute atomic E-state index is 13.0. The summed E-state index contributed by atoms with van der Waals surface area (Å²) in [6.07, 6.45) is 1.41. The Hall–Kier alpha value is -3.29. The summed E-state index contributed by atoms with van der Waals surface area (Å²) in [6.45, 7) is 5.19. The number of H-pyrrole nitrogens is 1. The fourth-order valence-electron chi connectivity index (χ4n) is 3.38. The highest BCUT2D eigenvalue weighted by Gasteiger charge is 2.25.